The van der Waals surface area contributed by atoms with Crippen LogP contribution >= 0.6 is 0 Å². The molecule has 1 saturated heterocycles. The van der Waals surface area contributed by atoms with Crippen LogP contribution in [0.3, 0.4) is 0 Å². The molecule has 0 spiro atoms. The summed E-state index contributed by atoms with van der Waals surface area (Å²) in [6.07, 6.45) is 1.44. The maximum Gasteiger partial charge on any atom is 0.317 e. The Balaban J connectivity index is 1.91. The standard InChI is InChI=1S/C14H17FN2O3/c15-12-6-2-1-4-10(12)9-16-14(20)17-7-3-5-11(17)8-13(18)19/h1-2,4,6,11H,3,5,7-9H2,(H,16,20)(H,18,19). The molecular formula is C14H17FN2O3. The Morgan fingerprint density at radius 1 is 1.40 bits per heavy atom. The Morgan fingerprint density at radius 3 is 2.85 bits per heavy atom. The average molecular weight is 280 g/mol. The Kier molecular flexibility index (Phi) is 4.55. The molecule has 0 radical (unpaired) electrons. The van der Waals surface area contributed by atoms with Gasteiger partial charge in [0.2, 0.25) is 0 Å². The zero-order chi connectivity index (χ0) is 14.5. The minimum Gasteiger partial charge on any atom is -0.481 e. The van der Waals surface area contributed by atoms with Crippen molar-refractivity contribution in [3.8, 4) is 0 Å². The van der Waals surface area contributed by atoms with E-state index in [1.165, 1.54) is 11.0 Å². The first-order valence-electron chi connectivity index (χ1n) is 6.57. The molecule has 108 valence electrons. The van der Waals surface area contributed by atoms with Gasteiger partial charge in [-0.05, 0) is 18.9 Å². The Morgan fingerprint density at radius 2 is 2.15 bits per heavy atom. The number of benzene rings is 1. The van der Waals surface area contributed by atoms with Crippen molar-refractivity contribution in [2.45, 2.75) is 31.8 Å². The highest BCUT2D eigenvalue weighted by atomic mass is 19.1. The van der Waals surface area contributed by atoms with Crippen LogP contribution in [0, 0.1) is 5.82 Å². The summed E-state index contributed by atoms with van der Waals surface area (Å²) in [6.45, 7) is 0.642. The molecule has 5 nitrogen and oxygen atoms in total. The SMILES string of the molecule is O=C(O)CC1CCCN1C(=O)NCc1ccccc1F. The first kappa shape index (κ1) is 14.3. The van der Waals surface area contributed by atoms with Crippen molar-refractivity contribution in [3.63, 3.8) is 0 Å². The second-order valence-electron chi connectivity index (χ2n) is 4.84. The molecule has 1 aromatic carbocycles. The number of carbonyl (C=O) groups excluding carboxylic acids is 1. The maximum absolute atomic E-state index is 13.4. The van der Waals surface area contributed by atoms with Crippen LogP contribution in [-0.2, 0) is 11.3 Å². The van der Waals surface area contributed by atoms with Crippen molar-refractivity contribution in [1.29, 1.82) is 0 Å². The highest BCUT2D eigenvalue weighted by molar-refractivity contribution is 5.76. The molecule has 1 aliphatic rings. The van der Waals surface area contributed by atoms with Crippen LogP contribution in [0.4, 0.5) is 9.18 Å². The van der Waals surface area contributed by atoms with E-state index < -0.39 is 5.97 Å². The van der Waals surface area contributed by atoms with Gasteiger partial charge in [0, 0.05) is 24.7 Å². The number of likely N-dealkylation sites (tertiary alicyclic amines) is 1. The van der Waals surface area contributed by atoms with Gasteiger partial charge in [0.15, 0.2) is 0 Å². The van der Waals surface area contributed by atoms with Gasteiger partial charge in [-0.3, -0.25) is 4.79 Å². The third-order valence-corrected chi connectivity index (χ3v) is 3.44. The lowest BCUT2D eigenvalue weighted by Crippen LogP contribution is -2.43. The van der Waals surface area contributed by atoms with E-state index in [4.69, 9.17) is 5.11 Å². The number of halogens is 1. The van der Waals surface area contributed by atoms with Gasteiger partial charge in [-0.1, -0.05) is 18.2 Å². The number of urea groups is 1. The minimum atomic E-state index is -0.913. The highest BCUT2D eigenvalue weighted by Crippen LogP contribution is 2.20. The molecule has 0 aliphatic carbocycles. The molecule has 2 N–H and O–H groups in total. The summed E-state index contributed by atoms with van der Waals surface area (Å²) in [4.78, 5) is 24.3. The first-order chi connectivity index (χ1) is 9.58. The summed E-state index contributed by atoms with van der Waals surface area (Å²) >= 11 is 0. The van der Waals surface area contributed by atoms with Gasteiger partial charge >= 0.3 is 12.0 Å². The van der Waals surface area contributed by atoms with Crippen LogP contribution < -0.4 is 5.32 Å². The Hall–Kier alpha value is -2.11. The molecule has 2 amide bonds. The quantitative estimate of drug-likeness (QED) is 0.886. The fraction of sp³-hybridized carbons (Fsp3) is 0.429. The van der Waals surface area contributed by atoms with Gasteiger partial charge in [0.25, 0.3) is 0 Å². The number of amides is 2. The van der Waals surface area contributed by atoms with E-state index >= 15 is 0 Å². The molecule has 0 saturated carbocycles. The van der Waals surface area contributed by atoms with Crippen LogP contribution in [0.25, 0.3) is 0 Å². The monoisotopic (exact) mass is 280 g/mol. The summed E-state index contributed by atoms with van der Waals surface area (Å²) in [5.41, 5.74) is 0.412. The summed E-state index contributed by atoms with van der Waals surface area (Å²) in [7, 11) is 0. The molecule has 20 heavy (non-hydrogen) atoms. The van der Waals surface area contributed by atoms with Crippen molar-refractivity contribution < 1.29 is 19.1 Å². The second-order valence-corrected chi connectivity index (χ2v) is 4.84. The van der Waals surface area contributed by atoms with Crippen molar-refractivity contribution in [3.05, 3.63) is 35.6 Å². The number of hydrogen-bond acceptors (Lipinski definition) is 2. The fourth-order valence-electron chi connectivity index (χ4n) is 2.43. The zero-order valence-corrected chi connectivity index (χ0v) is 11.0. The smallest absolute Gasteiger partial charge is 0.317 e. The summed E-state index contributed by atoms with van der Waals surface area (Å²) in [5, 5.41) is 11.4. The molecule has 1 unspecified atom stereocenters. The Labute approximate surface area is 116 Å². The van der Waals surface area contributed by atoms with Crippen LogP contribution in [-0.4, -0.2) is 34.6 Å². The summed E-state index contributed by atoms with van der Waals surface area (Å²) < 4.78 is 13.4. The summed E-state index contributed by atoms with van der Waals surface area (Å²) in [5.74, 6) is -1.28. The maximum atomic E-state index is 13.4. The summed E-state index contributed by atoms with van der Waals surface area (Å²) in [6, 6.07) is 5.63. The molecule has 1 fully saturated rings. The van der Waals surface area contributed by atoms with Crippen LogP contribution in [0.15, 0.2) is 24.3 Å². The Bertz CT molecular complexity index is 507. The van der Waals surface area contributed by atoms with Crippen LogP contribution in [0.5, 0.6) is 0 Å². The first-order valence-corrected chi connectivity index (χ1v) is 6.57. The van der Waals surface area contributed by atoms with Crippen LogP contribution in [0.2, 0.25) is 0 Å². The number of nitrogens with one attached hydrogen (secondary N) is 1. The normalized spacial score (nSPS) is 18.1. The lowest BCUT2D eigenvalue weighted by atomic mass is 10.1. The molecule has 0 bridgehead atoms. The van der Waals surface area contributed by atoms with Gasteiger partial charge in [0.05, 0.1) is 6.42 Å². The third kappa shape index (κ3) is 3.46. The average Bonchev–Trinajstić information content (AvgIpc) is 2.85. The lowest BCUT2D eigenvalue weighted by molar-refractivity contribution is -0.137. The number of hydrogen-bond donors (Lipinski definition) is 2. The predicted molar refractivity (Wildman–Crippen MR) is 70.6 cm³/mol. The fourth-order valence-corrected chi connectivity index (χ4v) is 2.43. The van der Waals surface area contributed by atoms with Crippen LogP contribution in [0.1, 0.15) is 24.8 Å². The van der Waals surface area contributed by atoms with Gasteiger partial charge in [-0.25, -0.2) is 9.18 Å². The van der Waals surface area contributed by atoms with E-state index in [9.17, 15) is 14.0 Å². The van der Waals surface area contributed by atoms with Gasteiger partial charge in [0.1, 0.15) is 5.82 Å². The second kappa shape index (κ2) is 6.36. The minimum absolute atomic E-state index is 0.0485. The molecule has 1 aliphatic heterocycles. The molecular weight excluding hydrogens is 263 g/mol. The van der Waals surface area contributed by atoms with E-state index in [2.05, 4.69) is 5.32 Å². The molecule has 1 aromatic rings. The number of carboxylic acids is 1. The van der Waals surface area contributed by atoms with Crippen molar-refractivity contribution in [2.75, 3.05) is 6.54 Å². The van der Waals surface area contributed by atoms with E-state index in [-0.39, 0.29) is 30.9 Å². The van der Waals surface area contributed by atoms with Crippen molar-refractivity contribution >= 4 is 12.0 Å². The lowest BCUT2D eigenvalue weighted by Gasteiger charge is -2.23. The van der Waals surface area contributed by atoms with Crippen molar-refractivity contribution in [2.24, 2.45) is 0 Å². The van der Waals surface area contributed by atoms with E-state index in [1.807, 2.05) is 0 Å². The number of carboxylic acid groups (broad SMARTS) is 1. The number of carbonyl (C=O) groups is 2. The largest absolute Gasteiger partial charge is 0.481 e. The number of aliphatic carboxylic acids is 1. The number of nitrogens with zero attached hydrogens (tertiary/aromatic N) is 1. The van der Waals surface area contributed by atoms with E-state index in [1.54, 1.807) is 18.2 Å². The molecule has 0 aromatic heterocycles. The third-order valence-electron chi connectivity index (χ3n) is 3.44. The number of rotatable bonds is 4. The van der Waals surface area contributed by atoms with Gasteiger partial charge in [-0.2, -0.15) is 0 Å². The molecule has 1 heterocycles. The topological polar surface area (TPSA) is 69.6 Å². The molecule has 6 heteroatoms. The highest BCUT2D eigenvalue weighted by Gasteiger charge is 2.30. The van der Waals surface area contributed by atoms with E-state index in [0.717, 1.165) is 6.42 Å². The van der Waals surface area contributed by atoms with E-state index in [0.29, 0.717) is 18.5 Å². The molecule has 2 rings (SSSR count). The van der Waals surface area contributed by atoms with Gasteiger partial charge in [-0.15, -0.1) is 0 Å². The molecule has 1 atom stereocenters. The zero-order valence-electron chi connectivity index (χ0n) is 11.0. The predicted octanol–water partition coefficient (Wildman–Crippen LogP) is 1.97. The van der Waals surface area contributed by atoms with Crippen molar-refractivity contribution in [1.82, 2.24) is 10.2 Å². The van der Waals surface area contributed by atoms with Gasteiger partial charge < -0.3 is 15.3 Å².